The summed E-state index contributed by atoms with van der Waals surface area (Å²) in [5.41, 5.74) is 2.80. The molecular weight excluding hydrogens is 357 g/mol. The van der Waals surface area contributed by atoms with Crippen LogP contribution in [0.3, 0.4) is 0 Å². The van der Waals surface area contributed by atoms with E-state index in [4.69, 9.17) is 0 Å². The number of nitrogens with zero attached hydrogens (tertiary/aromatic N) is 1. The maximum Gasteiger partial charge on any atom is 0.243 e. The van der Waals surface area contributed by atoms with Gasteiger partial charge in [0.25, 0.3) is 0 Å². The van der Waals surface area contributed by atoms with Gasteiger partial charge in [-0.1, -0.05) is 37.3 Å². The minimum atomic E-state index is -0.268. The number of hydrogen-bond acceptors (Lipinski definition) is 3. The van der Waals surface area contributed by atoms with Crippen LogP contribution in [-0.4, -0.2) is 35.8 Å². The third-order valence-electron chi connectivity index (χ3n) is 4.83. The Morgan fingerprint density at radius 2 is 1.79 bits per heavy atom. The van der Waals surface area contributed by atoms with E-state index < -0.39 is 0 Å². The molecule has 1 saturated carbocycles. The van der Waals surface area contributed by atoms with E-state index in [1.54, 1.807) is 12.1 Å². The Morgan fingerprint density at radius 3 is 2.46 bits per heavy atom. The minimum Gasteiger partial charge on any atom is -0.346 e. The number of rotatable bonds is 9. The molecule has 0 saturated heterocycles. The first-order valence-corrected chi connectivity index (χ1v) is 9.68. The van der Waals surface area contributed by atoms with Gasteiger partial charge in [-0.2, -0.15) is 0 Å². The van der Waals surface area contributed by atoms with Crippen LogP contribution in [0.4, 0.5) is 10.1 Å². The third kappa shape index (κ3) is 5.89. The Morgan fingerprint density at radius 1 is 1.07 bits per heavy atom. The van der Waals surface area contributed by atoms with Crippen molar-refractivity contribution < 1.29 is 14.0 Å². The molecule has 5 nitrogen and oxygen atoms in total. The molecule has 6 heteroatoms. The van der Waals surface area contributed by atoms with Crippen molar-refractivity contribution in [3.63, 3.8) is 0 Å². The summed E-state index contributed by atoms with van der Waals surface area (Å²) in [5.74, 6) is -0.700. The molecule has 2 aromatic carbocycles. The van der Waals surface area contributed by atoms with Crippen molar-refractivity contribution in [1.82, 2.24) is 10.2 Å². The molecule has 3 rings (SSSR count). The molecule has 0 atom stereocenters. The van der Waals surface area contributed by atoms with Crippen molar-refractivity contribution in [3.8, 4) is 0 Å². The first-order valence-electron chi connectivity index (χ1n) is 9.68. The molecule has 1 aliphatic rings. The zero-order valence-corrected chi connectivity index (χ0v) is 16.1. The Labute approximate surface area is 164 Å². The van der Waals surface area contributed by atoms with Gasteiger partial charge in [0.1, 0.15) is 5.82 Å². The number of aryl methyl sites for hydroxylation is 1. The molecular formula is C22H26FN3O2. The van der Waals surface area contributed by atoms with Gasteiger partial charge in [-0.05, 0) is 48.6 Å². The van der Waals surface area contributed by atoms with Gasteiger partial charge < -0.3 is 10.6 Å². The number of hydrogen-bond donors (Lipinski definition) is 2. The molecule has 0 bridgehead atoms. The highest BCUT2D eigenvalue weighted by molar-refractivity contribution is 5.95. The number of halogens is 1. The SMILES string of the molecule is CCc1ccccc1NC(=O)CNC(=O)CN(Cc1ccc(F)cc1)C1CC1. The normalized spacial score (nSPS) is 13.4. The van der Waals surface area contributed by atoms with Gasteiger partial charge in [0, 0.05) is 18.3 Å². The van der Waals surface area contributed by atoms with Crippen molar-refractivity contribution >= 4 is 17.5 Å². The number of carbonyl (C=O) groups excluding carboxylic acids is 2. The van der Waals surface area contributed by atoms with Crippen LogP contribution in [0, 0.1) is 5.82 Å². The van der Waals surface area contributed by atoms with E-state index in [2.05, 4.69) is 15.5 Å². The van der Waals surface area contributed by atoms with Gasteiger partial charge in [0.2, 0.25) is 11.8 Å². The molecule has 0 unspecified atom stereocenters. The highest BCUT2D eigenvalue weighted by Gasteiger charge is 2.30. The van der Waals surface area contributed by atoms with Crippen LogP contribution in [0.1, 0.15) is 30.9 Å². The lowest BCUT2D eigenvalue weighted by molar-refractivity contribution is -0.125. The Hall–Kier alpha value is -2.73. The van der Waals surface area contributed by atoms with Gasteiger partial charge >= 0.3 is 0 Å². The molecule has 0 aliphatic heterocycles. The maximum absolute atomic E-state index is 13.1. The summed E-state index contributed by atoms with van der Waals surface area (Å²) in [5, 5.41) is 5.54. The Bertz CT molecular complexity index is 819. The molecule has 0 heterocycles. The summed E-state index contributed by atoms with van der Waals surface area (Å²) in [7, 11) is 0. The Kier molecular flexibility index (Phi) is 6.76. The fourth-order valence-corrected chi connectivity index (χ4v) is 3.14. The number of anilines is 1. The summed E-state index contributed by atoms with van der Waals surface area (Å²) in [6, 6.07) is 14.3. The number of amides is 2. The number of benzene rings is 2. The van der Waals surface area contributed by atoms with E-state index in [1.165, 1.54) is 12.1 Å². The van der Waals surface area contributed by atoms with Gasteiger partial charge in [-0.25, -0.2) is 4.39 Å². The molecule has 0 spiro atoms. The van der Waals surface area contributed by atoms with E-state index >= 15 is 0 Å². The number of carbonyl (C=O) groups is 2. The molecule has 148 valence electrons. The molecule has 0 radical (unpaired) electrons. The first kappa shape index (κ1) is 20.0. The largest absolute Gasteiger partial charge is 0.346 e. The van der Waals surface area contributed by atoms with E-state index in [-0.39, 0.29) is 30.7 Å². The van der Waals surface area contributed by atoms with Gasteiger partial charge in [0.05, 0.1) is 13.1 Å². The summed E-state index contributed by atoms with van der Waals surface area (Å²) >= 11 is 0. The van der Waals surface area contributed by atoms with Crippen LogP contribution in [-0.2, 0) is 22.6 Å². The smallest absolute Gasteiger partial charge is 0.243 e. The van der Waals surface area contributed by atoms with E-state index in [0.29, 0.717) is 12.6 Å². The van der Waals surface area contributed by atoms with E-state index in [1.807, 2.05) is 31.2 Å². The third-order valence-corrected chi connectivity index (χ3v) is 4.83. The summed E-state index contributed by atoms with van der Waals surface area (Å²) in [6.07, 6.45) is 2.94. The van der Waals surface area contributed by atoms with Crippen molar-refractivity contribution in [2.24, 2.45) is 0 Å². The molecule has 1 fully saturated rings. The molecule has 0 aromatic heterocycles. The lowest BCUT2D eigenvalue weighted by atomic mass is 10.1. The molecule has 2 N–H and O–H groups in total. The fraction of sp³-hybridized carbons (Fsp3) is 0.364. The summed E-state index contributed by atoms with van der Waals surface area (Å²) in [6.45, 7) is 2.78. The summed E-state index contributed by atoms with van der Waals surface area (Å²) < 4.78 is 13.1. The van der Waals surface area contributed by atoms with Crippen LogP contribution in [0.5, 0.6) is 0 Å². The van der Waals surface area contributed by atoms with E-state index in [9.17, 15) is 14.0 Å². The molecule has 1 aliphatic carbocycles. The fourth-order valence-electron chi connectivity index (χ4n) is 3.14. The monoisotopic (exact) mass is 383 g/mol. The highest BCUT2D eigenvalue weighted by atomic mass is 19.1. The van der Waals surface area contributed by atoms with Crippen LogP contribution in [0.2, 0.25) is 0 Å². The van der Waals surface area contributed by atoms with Crippen molar-refractivity contribution in [1.29, 1.82) is 0 Å². The minimum absolute atomic E-state index is 0.0636. The average molecular weight is 383 g/mol. The second kappa shape index (κ2) is 9.46. The Balaban J connectivity index is 1.48. The second-order valence-electron chi connectivity index (χ2n) is 7.10. The van der Waals surface area contributed by atoms with E-state index in [0.717, 1.165) is 36.1 Å². The lowest BCUT2D eigenvalue weighted by Crippen LogP contribution is -2.41. The van der Waals surface area contributed by atoms with Crippen LogP contribution >= 0.6 is 0 Å². The van der Waals surface area contributed by atoms with Crippen LogP contribution < -0.4 is 10.6 Å². The van der Waals surface area contributed by atoms with Gasteiger partial charge in [-0.3, -0.25) is 14.5 Å². The second-order valence-corrected chi connectivity index (χ2v) is 7.10. The molecule has 2 aromatic rings. The topological polar surface area (TPSA) is 61.4 Å². The molecule has 2 amide bonds. The lowest BCUT2D eigenvalue weighted by Gasteiger charge is -2.21. The quantitative estimate of drug-likeness (QED) is 0.699. The number of para-hydroxylation sites is 1. The van der Waals surface area contributed by atoms with Crippen molar-refractivity contribution in [2.45, 2.75) is 38.8 Å². The maximum atomic E-state index is 13.1. The standard InChI is InChI=1S/C22H26FN3O2/c1-2-17-5-3-4-6-20(17)25-21(27)13-24-22(28)15-26(19-11-12-19)14-16-7-9-18(23)10-8-16/h3-10,19H,2,11-15H2,1H3,(H,24,28)(H,25,27). The van der Waals surface area contributed by atoms with Crippen molar-refractivity contribution in [3.05, 3.63) is 65.5 Å². The average Bonchev–Trinajstić information content (AvgIpc) is 3.53. The van der Waals surface area contributed by atoms with Crippen LogP contribution in [0.25, 0.3) is 0 Å². The summed E-state index contributed by atoms with van der Waals surface area (Å²) in [4.78, 5) is 26.6. The molecule has 28 heavy (non-hydrogen) atoms. The predicted octanol–water partition coefficient (Wildman–Crippen LogP) is 3.11. The van der Waals surface area contributed by atoms with Gasteiger partial charge in [-0.15, -0.1) is 0 Å². The van der Waals surface area contributed by atoms with Crippen molar-refractivity contribution in [2.75, 3.05) is 18.4 Å². The zero-order chi connectivity index (χ0) is 19.9. The predicted molar refractivity (Wildman–Crippen MR) is 107 cm³/mol. The zero-order valence-electron chi connectivity index (χ0n) is 16.1. The number of nitrogens with one attached hydrogen (secondary N) is 2. The first-order chi connectivity index (χ1) is 13.5. The highest BCUT2D eigenvalue weighted by Crippen LogP contribution is 2.28. The van der Waals surface area contributed by atoms with Gasteiger partial charge in [0.15, 0.2) is 0 Å². The van der Waals surface area contributed by atoms with Crippen LogP contribution in [0.15, 0.2) is 48.5 Å².